The zero-order valence-corrected chi connectivity index (χ0v) is 19.3. The number of hydrogen-bond acceptors (Lipinski definition) is 5. The predicted molar refractivity (Wildman–Crippen MR) is 128 cm³/mol. The highest BCUT2D eigenvalue weighted by molar-refractivity contribution is 7.88. The van der Waals surface area contributed by atoms with Crippen LogP contribution in [-0.2, 0) is 15.8 Å². The fraction of sp³-hybridized carbons (Fsp3) is 0.280. The van der Waals surface area contributed by atoms with E-state index in [1.54, 1.807) is 15.9 Å². The number of benzene rings is 2. The number of aromatic nitrogens is 3. The largest absolute Gasteiger partial charge is 0.496 e. The van der Waals surface area contributed by atoms with Crippen molar-refractivity contribution in [2.75, 3.05) is 20.2 Å². The fourth-order valence-electron chi connectivity index (χ4n) is 4.38. The van der Waals surface area contributed by atoms with Crippen LogP contribution in [0.1, 0.15) is 30.1 Å². The van der Waals surface area contributed by atoms with Crippen LogP contribution in [0.5, 0.6) is 5.75 Å². The molecule has 0 saturated carbocycles. The Morgan fingerprint density at radius 2 is 1.70 bits per heavy atom. The third-order valence-corrected chi connectivity index (χ3v) is 8.02. The van der Waals surface area contributed by atoms with Crippen molar-refractivity contribution in [3.8, 4) is 16.9 Å². The summed E-state index contributed by atoms with van der Waals surface area (Å²) >= 11 is 0. The second-order valence-corrected chi connectivity index (χ2v) is 10.3. The van der Waals surface area contributed by atoms with Gasteiger partial charge in [0.1, 0.15) is 5.75 Å². The summed E-state index contributed by atoms with van der Waals surface area (Å²) in [7, 11) is -1.67. The van der Waals surface area contributed by atoms with Gasteiger partial charge in [-0.05, 0) is 36.6 Å². The van der Waals surface area contributed by atoms with Gasteiger partial charge < -0.3 is 4.74 Å². The first-order valence-electron chi connectivity index (χ1n) is 11.0. The summed E-state index contributed by atoms with van der Waals surface area (Å²) in [6.07, 6.45) is 3.39. The Morgan fingerprint density at radius 3 is 2.45 bits per heavy atom. The van der Waals surface area contributed by atoms with Crippen LogP contribution in [0.25, 0.3) is 16.8 Å². The minimum atomic E-state index is -3.33. The number of nitrogens with zero attached hydrogens (tertiary/aromatic N) is 4. The molecule has 5 rings (SSSR count). The van der Waals surface area contributed by atoms with E-state index in [0.29, 0.717) is 25.9 Å². The normalized spacial score (nSPS) is 15.7. The van der Waals surface area contributed by atoms with E-state index in [4.69, 9.17) is 14.8 Å². The van der Waals surface area contributed by atoms with E-state index in [0.717, 1.165) is 33.9 Å². The van der Waals surface area contributed by atoms with Crippen LogP contribution in [-0.4, -0.2) is 47.5 Å². The van der Waals surface area contributed by atoms with Crippen molar-refractivity contribution in [1.82, 2.24) is 18.9 Å². The van der Waals surface area contributed by atoms with E-state index in [1.165, 1.54) is 0 Å². The van der Waals surface area contributed by atoms with Gasteiger partial charge in [-0.25, -0.2) is 22.2 Å². The van der Waals surface area contributed by atoms with E-state index in [2.05, 4.69) is 0 Å². The summed E-state index contributed by atoms with van der Waals surface area (Å²) in [4.78, 5) is 4.72. The Balaban J connectivity index is 1.31. The molecular formula is C25H26N4O3S. The lowest BCUT2D eigenvalue weighted by Crippen LogP contribution is -2.38. The lowest BCUT2D eigenvalue weighted by atomic mass is 9.98. The molecule has 1 fully saturated rings. The molecule has 0 atom stereocenters. The summed E-state index contributed by atoms with van der Waals surface area (Å²) in [5.41, 5.74) is 3.59. The van der Waals surface area contributed by atoms with Gasteiger partial charge in [-0.3, -0.25) is 0 Å². The first-order chi connectivity index (χ1) is 16.0. The highest BCUT2D eigenvalue weighted by Crippen LogP contribution is 2.31. The number of rotatable bonds is 6. The molecule has 2 aromatic carbocycles. The first kappa shape index (κ1) is 21.6. The van der Waals surface area contributed by atoms with Gasteiger partial charge in [-0.1, -0.05) is 48.5 Å². The van der Waals surface area contributed by atoms with Gasteiger partial charge in [0.05, 0.1) is 12.9 Å². The minimum absolute atomic E-state index is 0.0385. The average molecular weight is 463 g/mol. The molecule has 8 heteroatoms. The maximum atomic E-state index is 12.8. The van der Waals surface area contributed by atoms with Crippen LogP contribution in [0.2, 0.25) is 0 Å². The Morgan fingerprint density at radius 1 is 0.970 bits per heavy atom. The molecule has 3 heterocycles. The summed E-state index contributed by atoms with van der Waals surface area (Å²) in [5, 5.41) is 4.73. The zero-order valence-electron chi connectivity index (χ0n) is 18.5. The smallest absolute Gasteiger partial charge is 0.218 e. The molecule has 170 valence electrons. The molecule has 2 aromatic heterocycles. The van der Waals surface area contributed by atoms with Crippen LogP contribution in [0.15, 0.2) is 72.9 Å². The number of ether oxygens (including phenoxy) is 1. The van der Waals surface area contributed by atoms with Crippen LogP contribution in [0, 0.1) is 0 Å². The SMILES string of the molecule is COc1ccccc1-c1ccc2nc(C3CCN(S(=O)(=O)Cc4ccccc4)CC3)nn2c1. The average Bonchev–Trinajstić information content (AvgIpc) is 3.28. The lowest BCUT2D eigenvalue weighted by Gasteiger charge is -2.30. The van der Waals surface area contributed by atoms with E-state index in [9.17, 15) is 8.42 Å². The molecular weight excluding hydrogens is 436 g/mol. The van der Waals surface area contributed by atoms with Crippen LogP contribution in [0.3, 0.4) is 0 Å². The highest BCUT2D eigenvalue weighted by atomic mass is 32.2. The molecule has 0 aliphatic carbocycles. The minimum Gasteiger partial charge on any atom is -0.496 e. The van der Waals surface area contributed by atoms with Crippen molar-refractivity contribution in [3.63, 3.8) is 0 Å². The summed E-state index contributed by atoms with van der Waals surface area (Å²) in [6, 6.07) is 21.2. The van der Waals surface area contributed by atoms with Gasteiger partial charge in [-0.2, -0.15) is 5.10 Å². The second-order valence-electron chi connectivity index (χ2n) is 8.31. The van der Waals surface area contributed by atoms with Crippen molar-refractivity contribution in [1.29, 1.82) is 0 Å². The highest BCUT2D eigenvalue weighted by Gasteiger charge is 2.30. The Hall–Kier alpha value is -3.23. The lowest BCUT2D eigenvalue weighted by molar-refractivity contribution is 0.313. The summed E-state index contributed by atoms with van der Waals surface area (Å²) < 4.78 is 34.6. The van der Waals surface area contributed by atoms with Gasteiger partial charge in [0.25, 0.3) is 0 Å². The second kappa shape index (κ2) is 8.96. The van der Waals surface area contributed by atoms with Gasteiger partial charge in [0, 0.05) is 36.3 Å². The number of piperidine rings is 1. The Labute approximate surface area is 193 Å². The molecule has 1 aliphatic heterocycles. The number of fused-ring (bicyclic) bond motifs is 1. The van der Waals surface area contributed by atoms with Gasteiger partial charge >= 0.3 is 0 Å². The van der Waals surface area contributed by atoms with E-state index >= 15 is 0 Å². The summed E-state index contributed by atoms with van der Waals surface area (Å²) in [5.74, 6) is 1.76. The number of pyridine rings is 1. The molecule has 0 N–H and O–H groups in total. The molecule has 1 aliphatic rings. The number of hydrogen-bond donors (Lipinski definition) is 0. The number of sulfonamides is 1. The van der Waals surface area contributed by atoms with E-state index in [-0.39, 0.29) is 11.7 Å². The Kier molecular flexibility index (Phi) is 5.86. The van der Waals surface area contributed by atoms with Crippen molar-refractivity contribution in [2.45, 2.75) is 24.5 Å². The molecule has 7 nitrogen and oxygen atoms in total. The predicted octanol–water partition coefficient (Wildman–Crippen LogP) is 4.11. The van der Waals surface area contributed by atoms with Crippen LogP contribution >= 0.6 is 0 Å². The van der Waals surface area contributed by atoms with Gasteiger partial charge in [0.15, 0.2) is 11.5 Å². The molecule has 1 saturated heterocycles. The zero-order chi connectivity index (χ0) is 22.8. The number of methoxy groups -OCH3 is 1. The molecule has 4 aromatic rings. The molecule has 33 heavy (non-hydrogen) atoms. The maximum Gasteiger partial charge on any atom is 0.218 e. The molecule has 0 radical (unpaired) electrons. The topological polar surface area (TPSA) is 76.8 Å². The molecule has 0 bridgehead atoms. The van der Waals surface area contributed by atoms with Crippen LogP contribution in [0.4, 0.5) is 0 Å². The molecule has 0 spiro atoms. The van der Waals surface area contributed by atoms with Crippen LogP contribution < -0.4 is 4.74 Å². The van der Waals surface area contributed by atoms with Crippen molar-refractivity contribution in [3.05, 3.63) is 84.3 Å². The third kappa shape index (κ3) is 4.49. The molecule has 0 unspecified atom stereocenters. The van der Waals surface area contributed by atoms with Gasteiger partial charge in [0.2, 0.25) is 10.0 Å². The summed E-state index contributed by atoms with van der Waals surface area (Å²) in [6.45, 7) is 0.976. The standard InChI is InChI=1S/C25H26N4O3S/c1-32-23-10-6-5-9-22(23)21-11-12-24-26-25(27-29(24)17-21)20-13-15-28(16-14-20)33(30,31)18-19-7-3-2-4-8-19/h2-12,17,20H,13-16,18H2,1H3. The van der Waals surface area contributed by atoms with E-state index in [1.807, 2.05) is 72.9 Å². The third-order valence-electron chi connectivity index (χ3n) is 6.17. The van der Waals surface area contributed by atoms with E-state index < -0.39 is 10.0 Å². The fourth-order valence-corrected chi connectivity index (χ4v) is 5.95. The van der Waals surface area contributed by atoms with Crippen molar-refractivity contribution >= 4 is 15.7 Å². The number of para-hydroxylation sites is 1. The molecule has 0 amide bonds. The maximum absolute atomic E-state index is 12.8. The van der Waals surface area contributed by atoms with Crippen molar-refractivity contribution in [2.24, 2.45) is 0 Å². The quantitative estimate of drug-likeness (QED) is 0.431. The Bertz CT molecular complexity index is 1360. The van der Waals surface area contributed by atoms with Crippen molar-refractivity contribution < 1.29 is 13.2 Å². The van der Waals surface area contributed by atoms with Gasteiger partial charge in [-0.15, -0.1) is 0 Å². The monoisotopic (exact) mass is 462 g/mol. The first-order valence-corrected chi connectivity index (χ1v) is 12.7.